The molecule has 1 aromatic carbocycles. The molecule has 1 aromatic rings. The van der Waals surface area contributed by atoms with Gasteiger partial charge in [-0.3, -0.25) is 14.5 Å². The van der Waals surface area contributed by atoms with Crippen LogP contribution in [0.1, 0.15) is 5.56 Å². The minimum absolute atomic E-state index is 0.0515. The molecule has 0 unspecified atom stereocenters. The number of carboxylic acids is 1. The Labute approximate surface area is 122 Å². The zero-order chi connectivity index (χ0) is 15.0. The molecule has 2 N–H and O–H groups in total. The molecular weight excluding hydrogens is 280 g/mol. The molecule has 5 nitrogen and oxygen atoms in total. The standard InChI is InChI=1S/C14H15ClN2O3/c1-2-7-17(10-14(19)20)9-13(18)16-8-11-3-5-12(15)6-4-11/h1,3-6H,7-10H2,(H,16,18)(H,19,20). The van der Waals surface area contributed by atoms with E-state index in [0.717, 1.165) is 5.56 Å². The van der Waals surface area contributed by atoms with Crippen LogP contribution in [0.25, 0.3) is 0 Å². The van der Waals surface area contributed by atoms with Gasteiger partial charge < -0.3 is 10.4 Å². The largest absolute Gasteiger partial charge is 0.480 e. The van der Waals surface area contributed by atoms with Crippen LogP contribution in [-0.4, -0.2) is 41.5 Å². The van der Waals surface area contributed by atoms with Gasteiger partial charge in [-0.05, 0) is 17.7 Å². The van der Waals surface area contributed by atoms with Crippen molar-refractivity contribution in [2.45, 2.75) is 6.54 Å². The van der Waals surface area contributed by atoms with Crippen molar-refractivity contribution >= 4 is 23.5 Å². The van der Waals surface area contributed by atoms with E-state index >= 15 is 0 Å². The number of nitrogens with zero attached hydrogens (tertiary/aromatic N) is 1. The number of carbonyl (C=O) groups is 2. The van der Waals surface area contributed by atoms with E-state index in [1.165, 1.54) is 4.90 Å². The quantitative estimate of drug-likeness (QED) is 0.736. The number of terminal acetylenes is 1. The Bertz CT molecular complexity index is 508. The second kappa shape index (κ2) is 8.20. The number of amides is 1. The first-order chi connectivity index (χ1) is 9.51. The predicted octanol–water partition coefficient (Wildman–Crippen LogP) is 0.976. The summed E-state index contributed by atoms with van der Waals surface area (Å²) in [5.74, 6) is 1.02. The highest BCUT2D eigenvalue weighted by molar-refractivity contribution is 6.30. The van der Waals surface area contributed by atoms with Gasteiger partial charge in [-0.2, -0.15) is 0 Å². The fraction of sp³-hybridized carbons (Fsp3) is 0.286. The maximum absolute atomic E-state index is 11.7. The van der Waals surface area contributed by atoms with Gasteiger partial charge in [-0.25, -0.2) is 0 Å². The summed E-state index contributed by atoms with van der Waals surface area (Å²) in [6.45, 7) is 0.149. The average Bonchev–Trinajstić information content (AvgIpc) is 2.37. The molecule has 0 aromatic heterocycles. The highest BCUT2D eigenvalue weighted by atomic mass is 35.5. The summed E-state index contributed by atoms with van der Waals surface area (Å²) in [6, 6.07) is 7.08. The van der Waals surface area contributed by atoms with Crippen LogP contribution in [0.4, 0.5) is 0 Å². The molecule has 106 valence electrons. The molecule has 1 amide bonds. The number of hydrogen-bond acceptors (Lipinski definition) is 3. The van der Waals surface area contributed by atoms with Crippen LogP contribution in [0, 0.1) is 12.3 Å². The Hall–Kier alpha value is -2.03. The fourth-order valence-corrected chi connectivity index (χ4v) is 1.68. The second-order valence-electron chi connectivity index (χ2n) is 4.15. The third kappa shape index (κ3) is 6.23. The molecule has 0 spiro atoms. The molecular formula is C14H15ClN2O3. The molecule has 0 fully saturated rings. The number of hydrogen-bond donors (Lipinski definition) is 2. The molecule has 0 aliphatic carbocycles. The summed E-state index contributed by atoms with van der Waals surface area (Å²) >= 11 is 5.76. The first-order valence-corrected chi connectivity index (χ1v) is 6.28. The summed E-state index contributed by atoms with van der Waals surface area (Å²) in [4.78, 5) is 23.7. The summed E-state index contributed by atoms with van der Waals surface area (Å²) in [5.41, 5.74) is 0.907. The van der Waals surface area contributed by atoms with E-state index in [1.807, 2.05) is 0 Å². The van der Waals surface area contributed by atoms with Crippen LogP contribution in [0.15, 0.2) is 24.3 Å². The van der Waals surface area contributed by atoms with Crippen LogP contribution in [0.5, 0.6) is 0 Å². The van der Waals surface area contributed by atoms with E-state index in [-0.39, 0.29) is 25.5 Å². The Morgan fingerprint density at radius 3 is 2.50 bits per heavy atom. The Kier molecular flexibility index (Phi) is 6.57. The Morgan fingerprint density at radius 2 is 1.95 bits per heavy atom. The molecule has 0 saturated carbocycles. The Balaban J connectivity index is 2.43. The number of halogens is 1. The minimum Gasteiger partial charge on any atom is -0.480 e. The predicted molar refractivity (Wildman–Crippen MR) is 76.2 cm³/mol. The smallest absolute Gasteiger partial charge is 0.317 e. The van der Waals surface area contributed by atoms with E-state index in [4.69, 9.17) is 23.1 Å². The summed E-state index contributed by atoms with van der Waals surface area (Å²) in [5, 5.41) is 12.0. The van der Waals surface area contributed by atoms with E-state index < -0.39 is 5.97 Å². The van der Waals surface area contributed by atoms with E-state index in [2.05, 4.69) is 11.2 Å². The SMILES string of the molecule is C#CCN(CC(=O)O)CC(=O)NCc1ccc(Cl)cc1. The second-order valence-corrected chi connectivity index (χ2v) is 4.58. The van der Waals surface area contributed by atoms with E-state index in [9.17, 15) is 9.59 Å². The van der Waals surface area contributed by atoms with Crippen molar-refractivity contribution in [1.82, 2.24) is 10.2 Å². The first-order valence-electron chi connectivity index (χ1n) is 5.90. The van der Waals surface area contributed by atoms with Crippen LogP contribution in [0.3, 0.4) is 0 Å². The molecule has 20 heavy (non-hydrogen) atoms. The van der Waals surface area contributed by atoms with Gasteiger partial charge in [0.1, 0.15) is 0 Å². The Morgan fingerprint density at radius 1 is 1.30 bits per heavy atom. The molecule has 0 aliphatic heterocycles. The van der Waals surface area contributed by atoms with E-state index in [0.29, 0.717) is 11.6 Å². The number of benzene rings is 1. The van der Waals surface area contributed by atoms with Crippen molar-refractivity contribution in [3.05, 3.63) is 34.9 Å². The summed E-state index contributed by atoms with van der Waals surface area (Å²) < 4.78 is 0. The molecule has 6 heteroatoms. The van der Waals surface area contributed by atoms with Crippen molar-refractivity contribution in [1.29, 1.82) is 0 Å². The monoisotopic (exact) mass is 294 g/mol. The zero-order valence-electron chi connectivity index (χ0n) is 10.8. The average molecular weight is 295 g/mol. The molecule has 0 heterocycles. The minimum atomic E-state index is -1.02. The lowest BCUT2D eigenvalue weighted by Crippen LogP contribution is -2.39. The number of aliphatic carboxylic acids is 1. The van der Waals surface area contributed by atoms with Gasteiger partial charge in [0, 0.05) is 11.6 Å². The molecule has 0 aliphatic rings. The lowest BCUT2D eigenvalue weighted by Gasteiger charge is -2.16. The van der Waals surface area contributed by atoms with Crippen molar-refractivity contribution in [3.63, 3.8) is 0 Å². The number of nitrogens with one attached hydrogen (secondary N) is 1. The normalized spacial score (nSPS) is 10.1. The molecule has 0 saturated heterocycles. The summed E-state index contributed by atoms with van der Waals surface area (Å²) in [7, 11) is 0. The third-order valence-corrected chi connectivity index (χ3v) is 2.70. The number of carbonyl (C=O) groups excluding carboxylic acids is 1. The van der Waals surface area contributed by atoms with Crippen LogP contribution in [0.2, 0.25) is 5.02 Å². The van der Waals surface area contributed by atoms with Crippen molar-refractivity contribution in [2.24, 2.45) is 0 Å². The van der Waals surface area contributed by atoms with Crippen molar-refractivity contribution < 1.29 is 14.7 Å². The number of rotatable bonds is 7. The highest BCUT2D eigenvalue weighted by Gasteiger charge is 2.12. The fourth-order valence-electron chi connectivity index (χ4n) is 1.55. The van der Waals surface area contributed by atoms with Crippen LogP contribution >= 0.6 is 11.6 Å². The van der Waals surface area contributed by atoms with Gasteiger partial charge in [0.05, 0.1) is 19.6 Å². The van der Waals surface area contributed by atoms with Crippen molar-refractivity contribution in [2.75, 3.05) is 19.6 Å². The lowest BCUT2D eigenvalue weighted by atomic mass is 10.2. The highest BCUT2D eigenvalue weighted by Crippen LogP contribution is 2.09. The van der Waals surface area contributed by atoms with Crippen LogP contribution in [-0.2, 0) is 16.1 Å². The maximum Gasteiger partial charge on any atom is 0.317 e. The number of carboxylic acid groups (broad SMARTS) is 1. The van der Waals surface area contributed by atoms with Gasteiger partial charge in [0.25, 0.3) is 0 Å². The first kappa shape index (κ1) is 16.0. The molecule has 0 radical (unpaired) electrons. The van der Waals surface area contributed by atoms with Gasteiger partial charge in [0.15, 0.2) is 0 Å². The topological polar surface area (TPSA) is 69.6 Å². The van der Waals surface area contributed by atoms with Gasteiger partial charge in [-0.15, -0.1) is 6.42 Å². The van der Waals surface area contributed by atoms with E-state index in [1.54, 1.807) is 24.3 Å². The zero-order valence-corrected chi connectivity index (χ0v) is 11.6. The van der Waals surface area contributed by atoms with Crippen molar-refractivity contribution in [3.8, 4) is 12.3 Å². The van der Waals surface area contributed by atoms with Gasteiger partial charge in [-0.1, -0.05) is 29.7 Å². The van der Waals surface area contributed by atoms with Gasteiger partial charge in [0.2, 0.25) is 5.91 Å². The maximum atomic E-state index is 11.7. The summed E-state index contributed by atoms with van der Waals surface area (Å²) in [6.07, 6.45) is 5.13. The van der Waals surface area contributed by atoms with Crippen LogP contribution < -0.4 is 5.32 Å². The molecule has 0 bridgehead atoms. The third-order valence-electron chi connectivity index (χ3n) is 2.44. The lowest BCUT2D eigenvalue weighted by molar-refractivity contribution is -0.138. The molecule has 0 atom stereocenters. The van der Waals surface area contributed by atoms with Gasteiger partial charge >= 0.3 is 5.97 Å². The molecule has 1 rings (SSSR count).